The molecule has 0 bridgehead atoms. The summed E-state index contributed by atoms with van der Waals surface area (Å²) >= 11 is 0. The molecular formula is C17H26N2O2. The highest BCUT2D eigenvalue weighted by Gasteiger charge is 2.28. The highest BCUT2D eigenvalue weighted by Crippen LogP contribution is 2.17. The van der Waals surface area contributed by atoms with Crippen LogP contribution in [0.1, 0.15) is 31.9 Å². The molecule has 0 unspecified atom stereocenters. The van der Waals surface area contributed by atoms with E-state index in [0.717, 1.165) is 5.69 Å². The van der Waals surface area contributed by atoms with Crippen LogP contribution in [-0.2, 0) is 9.53 Å². The predicted octanol–water partition coefficient (Wildman–Crippen LogP) is 2.74. The maximum Gasteiger partial charge on any atom is 0.244 e. The molecule has 21 heavy (non-hydrogen) atoms. The number of aryl methyl sites for hydroxylation is 2. The normalized spacial score (nSPS) is 23.8. The molecule has 1 aromatic rings. The number of anilines is 1. The van der Waals surface area contributed by atoms with E-state index in [0.29, 0.717) is 13.1 Å². The molecule has 0 saturated carbocycles. The molecule has 4 heteroatoms. The van der Waals surface area contributed by atoms with E-state index < -0.39 is 0 Å². The summed E-state index contributed by atoms with van der Waals surface area (Å²) in [4.78, 5) is 14.5. The lowest BCUT2D eigenvalue weighted by Gasteiger charge is -2.36. The van der Waals surface area contributed by atoms with Gasteiger partial charge < -0.3 is 15.0 Å². The van der Waals surface area contributed by atoms with Gasteiger partial charge in [-0.2, -0.15) is 0 Å². The molecule has 1 aliphatic heterocycles. The zero-order chi connectivity index (χ0) is 15.6. The third-order valence-electron chi connectivity index (χ3n) is 3.99. The van der Waals surface area contributed by atoms with Gasteiger partial charge in [0.1, 0.15) is 6.04 Å². The van der Waals surface area contributed by atoms with Crippen LogP contribution in [0.5, 0.6) is 0 Å². The highest BCUT2D eigenvalue weighted by atomic mass is 16.5. The molecule has 1 heterocycles. The Kier molecular flexibility index (Phi) is 4.88. The smallest absolute Gasteiger partial charge is 0.244 e. The van der Waals surface area contributed by atoms with Crippen LogP contribution in [0.25, 0.3) is 0 Å². The van der Waals surface area contributed by atoms with Crippen LogP contribution in [0.4, 0.5) is 5.69 Å². The molecule has 0 aliphatic carbocycles. The van der Waals surface area contributed by atoms with E-state index in [9.17, 15) is 4.79 Å². The van der Waals surface area contributed by atoms with E-state index in [1.807, 2.05) is 31.7 Å². The number of hydrogen-bond acceptors (Lipinski definition) is 3. The van der Waals surface area contributed by atoms with Gasteiger partial charge in [-0.05, 0) is 57.9 Å². The van der Waals surface area contributed by atoms with Crippen LogP contribution in [0.3, 0.4) is 0 Å². The zero-order valence-electron chi connectivity index (χ0n) is 13.6. The summed E-state index contributed by atoms with van der Waals surface area (Å²) < 4.78 is 5.68. The van der Waals surface area contributed by atoms with Crippen LogP contribution in [0, 0.1) is 13.8 Å². The van der Waals surface area contributed by atoms with Gasteiger partial charge in [0.2, 0.25) is 5.91 Å². The van der Waals surface area contributed by atoms with E-state index in [1.165, 1.54) is 11.1 Å². The van der Waals surface area contributed by atoms with Crippen molar-refractivity contribution in [1.29, 1.82) is 0 Å². The molecule has 0 spiro atoms. The molecule has 0 aromatic heterocycles. The van der Waals surface area contributed by atoms with Gasteiger partial charge in [-0.1, -0.05) is 6.07 Å². The summed E-state index contributed by atoms with van der Waals surface area (Å²) in [7, 11) is 0. The standard InChI is InChI=1S/C17H26N2O2/c1-11-6-7-16(8-12(11)2)18-15(5)17(20)19-9-13(3)21-14(4)10-19/h6-8,13-15,18H,9-10H2,1-5H3/t13-,14+,15-/m1/s1. The number of hydrogen-bond donors (Lipinski definition) is 1. The molecule has 1 aromatic carbocycles. The Bertz CT molecular complexity index is 506. The van der Waals surface area contributed by atoms with Crippen LogP contribution in [0.15, 0.2) is 18.2 Å². The third-order valence-corrected chi connectivity index (χ3v) is 3.99. The second kappa shape index (κ2) is 6.48. The summed E-state index contributed by atoms with van der Waals surface area (Å²) in [5.41, 5.74) is 3.48. The first kappa shape index (κ1) is 15.8. The van der Waals surface area contributed by atoms with Gasteiger partial charge in [0.25, 0.3) is 0 Å². The molecule has 0 radical (unpaired) electrons. The molecule has 2 rings (SSSR count). The van der Waals surface area contributed by atoms with Crippen LogP contribution < -0.4 is 5.32 Å². The van der Waals surface area contributed by atoms with Crippen molar-refractivity contribution in [3.05, 3.63) is 29.3 Å². The number of carbonyl (C=O) groups is 1. The minimum atomic E-state index is -0.232. The number of morpholine rings is 1. The topological polar surface area (TPSA) is 41.6 Å². The minimum absolute atomic E-state index is 0.103. The summed E-state index contributed by atoms with van der Waals surface area (Å²) in [5.74, 6) is 0.134. The Morgan fingerprint density at radius 1 is 1.24 bits per heavy atom. The van der Waals surface area contributed by atoms with E-state index in [1.54, 1.807) is 0 Å². The molecule has 1 N–H and O–H groups in total. The first-order valence-corrected chi connectivity index (χ1v) is 7.65. The fourth-order valence-corrected chi connectivity index (χ4v) is 2.77. The molecule has 3 atom stereocenters. The monoisotopic (exact) mass is 290 g/mol. The molecule has 1 fully saturated rings. The van der Waals surface area contributed by atoms with Crippen molar-refractivity contribution in [3.63, 3.8) is 0 Å². The number of nitrogens with zero attached hydrogens (tertiary/aromatic N) is 1. The second-order valence-corrected chi connectivity index (χ2v) is 6.17. The van der Waals surface area contributed by atoms with Crippen molar-refractivity contribution in [2.75, 3.05) is 18.4 Å². The zero-order valence-corrected chi connectivity index (χ0v) is 13.6. The number of amides is 1. The molecule has 116 valence electrons. The molecular weight excluding hydrogens is 264 g/mol. The fourth-order valence-electron chi connectivity index (χ4n) is 2.77. The van der Waals surface area contributed by atoms with E-state index in [4.69, 9.17) is 4.74 Å². The molecule has 1 saturated heterocycles. The SMILES string of the molecule is Cc1ccc(N[C@H](C)C(=O)N2C[C@@H](C)O[C@@H](C)C2)cc1C. The van der Waals surface area contributed by atoms with E-state index in [-0.39, 0.29) is 24.2 Å². The van der Waals surface area contributed by atoms with Crippen molar-refractivity contribution in [3.8, 4) is 0 Å². The average Bonchev–Trinajstić information content (AvgIpc) is 2.41. The second-order valence-electron chi connectivity index (χ2n) is 6.17. The predicted molar refractivity (Wildman–Crippen MR) is 85.6 cm³/mol. The quantitative estimate of drug-likeness (QED) is 0.930. The third kappa shape index (κ3) is 3.97. The van der Waals surface area contributed by atoms with Gasteiger partial charge in [-0.15, -0.1) is 0 Å². The minimum Gasteiger partial charge on any atom is -0.374 e. The Hall–Kier alpha value is -1.55. The number of benzene rings is 1. The van der Waals surface area contributed by atoms with Gasteiger partial charge in [0.15, 0.2) is 0 Å². The van der Waals surface area contributed by atoms with Gasteiger partial charge in [0.05, 0.1) is 12.2 Å². The van der Waals surface area contributed by atoms with Crippen LogP contribution in [-0.4, -0.2) is 42.1 Å². The van der Waals surface area contributed by atoms with Crippen LogP contribution in [0.2, 0.25) is 0 Å². The molecule has 4 nitrogen and oxygen atoms in total. The molecule has 1 amide bonds. The van der Waals surface area contributed by atoms with Crippen LogP contribution >= 0.6 is 0 Å². The summed E-state index contributed by atoms with van der Waals surface area (Å²) in [5, 5.41) is 3.30. The maximum atomic E-state index is 12.6. The Morgan fingerprint density at radius 2 is 1.86 bits per heavy atom. The lowest BCUT2D eigenvalue weighted by Crippen LogP contribution is -2.52. The van der Waals surface area contributed by atoms with Crippen molar-refractivity contribution in [1.82, 2.24) is 4.90 Å². The lowest BCUT2D eigenvalue weighted by molar-refractivity contribution is -0.143. The summed E-state index contributed by atoms with van der Waals surface area (Å²) in [6.07, 6.45) is 0.207. The summed E-state index contributed by atoms with van der Waals surface area (Å²) in [6, 6.07) is 5.96. The number of rotatable bonds is 3. The Morgan fingerprint density at radius 3 is 2.43 bits per heavy atom. The van der Waals surface area contributed by atoms with Gasteiger partial charge in [0, 0.05) is 18.8 Å². The van der Waals surface area contributed by atoms with Crippen molar-refractivity contribution >= 4 is 11.6 Å². The first-order chi connectivity index (χ1) is 9.86. The largest absolute Gasteiger partial charge is 0.374 e. The van der Waals surface area contributed by atoms with Crippen molar-refractivity contribution in [2.24, 2.45) is 0 Å². The van der Waals surface area contributed by atoms with Gasteiger partial charge >= 0.3 is 0 Å². The number of nitrogens with one attached hydrogen (secondary N) is 1. The van der Waals surface area contributed by atoms with Gasteiger partial charge in [-0.25, -0.2) is 0 Å². The summed E-state index contributed by atoms with van der Waals surface area (Å²) in [6.45, 7) is 11.4. The number of carbonyl (C=O) groups excluding carboxylic acids is 1. The number of ether oxygens (including phenoxy) is 1. The first-order valence-electron chi connectivity index (χ1n) is 7.65. The molecule has 1 aliphatic rings. The average molecular weight is 290 g/mol. The van der Waals surface area contributed by atoms with E-state index >= 15 is 0 Å². The van der Waals surface area contributed by atoms with Crippen molar-refractivity contribution in [2.45, 2.75) is 52.9 Å². The van der Waals surface area contributed by atoms with Crippen molar-refractivity contribution < 1.29 is 9.53 Å². The van der Waals surface area contributed by atoms with E-state index in [2.05, 4.69) is 31.3 Å². The maximum absolute atomic E-state index is 12.6. The lowest BCUT2D eigenvalue weighted by atomic mass is 10.1. The highest BCUT2D eigenvalue weighted by molar-refractivity contribution is 5.84. The fraction of sp³-hybridized carbons (Fsp3) is 0.588. The van der Waals surface area contributed by atoms with Gasteiger partial charge in [-0.3, -0.25) is 4.79 Å². The Balaban J connectivity index is 2.00. The Labute approximate surface area is 127 Å².